The maximum absolute atomic E-state index is 12.7. The third-order valence-electron chi connectivity index (χ3n) is 4.52. The van der Waals surface area contributed by atoms with E-state index in [-0.39, 0.29) is 12.5 Å². The highest BCUT2D eigenvalue weighted by Crippen LogP contribution is 2.22. The molecule has 6 nitrogen and oxygen atoms in total. The number of carbonyl (C=O) groups excluding carboxylic acids is 1. The topological polar surface area (TPSA) is 86.3 Å². The Balaban J connectivity index is 1.73. The normalized spacial score (nSPS) is 14.8. The molecule has 1 aliphatic rings. The first kappa shape index (κ1) is 18.6. The van der Waals surface area contributed by atoms with Gasteiger partial charge in [-0.2, -0.15) is 0 Å². The zero-order valence-corrected chi connectivity index (χ0v) is 15.2. The Hall–Kier alpha value is -2.15. The number of anilines is 2. The molecule has 1 fully saturated rings. The predicted molar refractivity (Wildman–Crippen MR) is 104 cm³/mol. The number of nitrogens with zero attached hydrogens (tertiary/aromatic N) is 1. The number of hydrogen-bond acceptors (Lipinski definition) is 5. The highest BCUT2D eigenvalue weighted by atomic mass is 35.5. The van der Waals surface area contributed by atoms with Crippen LogP contribution >= 0.6 is 11.6 Å². The maximum Gasteiger partial charge on any atom is 0.258 e. The minimum atomic E-state index is -0.253. The van der Waals surface area contributed by atoms with Gasteiger partial charge < -0.3 is 21.1 Å². The number of amides is 1. The molecule has 7 heteroatoms. The zero-order valence-electron chi connectivity index (χ0n) is 14.5. The second-order valence-electron chi connectivity index (χ2n) is 6.43. The van der Waals surface area contributed by atoms with E-state index in [9.17, 15) is 9.90 Å². The summed E-state index contributed by atoms with van der Waals surface area (Å²) >= 11 is 5.83. The van der Waals surface area contributed by atoms with Crippen molar-refractivity contribution in [2.75, 3.05) is 30.3 Å². The molecule has 2 heterocycles. The summed E-state index contributed by atoms with van der Waals surface area (Å²) in [5, 5.41) is 19.4. The van der Waals surface area contributed by atoms with Gasteiger partial charge in [-0.25, -0.2) is 4.98 Å². The maximum atomic E-state index is 12.7. The summed E-state index contributed by atoms with van der Waals surface area (Å²) in [5.74, 6) is 0.759. The lowest BCUT2D eigenvalue weighted by atomic mass is 9.98. The second-order valence-corrected chi connectivity index (χ2v) is 6.86. The molecule has 0 saturated carbocycles. The van der Waals surface area contributed by atoms with Crippen molar-refractivity contribution < 1.29 is 9.90 Å². The summed E-state index contributed by atoms with van der Waals surface area (Å²) in [6.45, 7) is 2.79. The van der Waals surface area contributed by atoms with Crippen molar-refractivity contribution in [3.8, 4) is 0 Å². The highest BCUT2D eigenvalue weighted by molar-refractivity contribution is 6.30. The number of rotatable bonds is 6. The molecule has 0 radical (unpaired) electrons. The highest BCUT2D eigenvalue weighted by Gasteiger charge is 2.16. The number of pyridine rings is 1. The van der Waals surface area contributed by atoms with Gasteiger partial charge >= 0.3 is 0 Å². The number of hydrogen-bond donors (Lipinski definition) is 4. The van der Waals surface area contributed by atoms with E-state index >= 15 is 0 Å². The summed E-state index contributed by atoms with van der Waals surface area (Å²) in [5.41, 5.74) is 2.01. The van der Waals surface area contributed by atoms with Gasteiger partial charge in [-0.3, -0.25) is 4.79 Å². The monoisotopic (exact) mass is 374 g/mol. The molecule has 0 atom stereocenters. The molecule has 0 aliphatic carbocycles. The molecule has 0 unspecified atom stereocenters. The van der Waals surface area contributed by atoms with Crippen LogP contribution in [-0.2, 0) is 6.61 Å². The number of aromatic nitrogens is 1. The van der Waals surface area contributed by atoms with Gasteiger partial charge in [0.2, 0.25) is 0 Å². The van der Waals surface area contributed by atoms with E-state index < -0.39 is 0 Å². The number of aliphatic hydroxyl groups excluding tert-OH is 1. The Morgan fingerprint density at radius 2 is 2.08 bits per heavy atom. The van der Waals surface area contributed by atoms with Gasteiger partial charge in [-0.05, 0) is 61.7 Å². The van der Waals surface area contributed by atoms with E-state index in [1.807, 2.05) is 6.07 Å². The molecule has 3 rings (SSSR count). The minimum absolute atomic E-state index is 0.0668. The van der Waals surface area contributed by atoms with Crippen LogP contribution in [-0.4, -0.2) is 35.6 Å². The fourth-order valence-electron chi connectivity index (χ4n) is 3.01. The van der Waals surface area contributed by atoms with Crippen molar-refractivity contribution in [3.63, 3.8) is 0 Å². The lowest BCUT2D eigenvalue weighted by Gasteiger charge is -2.24. The molecule has 138 valence electrons. The molecule has 1 aromatic carbocycles. The number of carbonyl (C=O) groups is 1. The third kappa shape index (κ3) is 4.94. The van der Waals surface area contributed by atoms with E-state index in [0.717, 1.165) is 43.7 Å². The molecule has 26 heavy (non-hydrogen) atoms. The lowest BCUT2D eigenvalue weighted by molar-refractivity contribution is 0.102. The summed E-state index contributed by atoms with van der Waals surface area (Å²) in [6, 6.07) is 8.63. The van der Waals surface area contributed by atoms with Gasteiger partial charge in [-0.1, -0.05) is 17.7 Å². The van der Waals surface area contributed by atoms with Crippen LogP contribution in [0, 0.1) is 5.92 Å². The Labute approximate surface area is 158 Å². The lowest BCUT2D eigenvalue weighted by Crippen LogP contribution is -2.31. The van der Waals surface area contributed by atoms with Gasteiger partial charge in [0.1, 0.15) is 5.82 Å². The zero-order chi connectivity index (χ0) is 18.4. The first-order valence-electron chi connectivity index (χ1n) is 8.77. The van der Waals surface area contributed by atoms with Crippen molar-refractivity contribution in [2.24, 2.45) is 5.92 Å². The molecule has 4 N–H and O–H groups in total. The largest absolute Gasteiger partial charge is 0.392 e. The third-order valence-corrected chi connectivity index (χ3v) is 4.74. The van der Waals surface area contributed by atoms with Gasteiger partial charge in [0, 0.05) is 18.4 Å². The standard InChI is InChI=1S/C19H23ClN4O2/c20-15-2-4-18(23-11-15)24-19(26)16-3-1-14(12-25)9-17(16)22-10-13-5-7-21-8-6-13/h1-4,9,11,13,21-22,25H,5-8,10,12H2,(H,23,24,26). The van der Waals surface area contributed by atoms with E-state index in [1.54, 1.807) is 24.3 Å². The van der Waals surface area contributed by atoms with Crippen LogP contribution in [0.15, 0.2) is 36.5 Å². The summed E-state index contributed by atoms with van der Waals surface area (Å²) in [4.78, 5) is 16.8. The Morgan fingerprint density at radius 1 is 1.27 bits per heavy atom. The number of benzene rings is 1. The molecular formula is C19H23ClN4O2. The van der Waals surface area contributed by atoms with E-state index in [0.29, 0.717) is 22.3 Å². The molecule has 0 bridgehead atoms. The number of halogens is 1. The van der Waals surface area contributed by atoms with Crippen LogP contribution in [0.4, 0.5) is 11.5 Å². The molecule has 2 aromatic rings. The van der Waals surface area contributed by atoms with Crippen LogP contribution in [0.5, 0.6) is 0 Å². The smallest absolute Gasteiger partial charge is 0.258 e. The molecular weight excluding hydrogens is 352 g/mol. The molecule has 1 aromatic heterocycles. The summed E-state index contributed by atoms with van der Waals surface area (Å²) in [7, 11) is 0. The van der Waals surface area contributed by atoms with E-state index in [1.165, 1.54) is 6.20 Å². The number of nitrogens with one attached hydrogen (secondary N) is 3. The minimum Gasteiger partial charge on any atom is -0.392 e. The van der Waals surface area contributed by atoms with Crippen LogP contribution in [0.25, 0.3) is 0 Å². The average Bonchev–Trinajstić information content (AvgIpc) is 2.68. The first-order valence-corrected chi connectivity index (χ1v) is 9.15. The van der Waals surface area contributed by atoms with Gasteiger partial charge in [0.15, 0.2) is 0 Å². The predicted octanol–water partition coefficient (Wildman–Crippen LogP) is 2.89. The van der Waals surface area contributed by atoms with Gasteiger partial charge in [-0.15, -0.1) is 0 Å². The summed E-state index contributed by atoms with van der Waals surface area (Å²) in [6.07, 6.45) is 3.72. The Kier molecular flexibility index (Phi) is 6.44. The van der Waals surface area contributed by atoms with Crippen molar-refractivity contribution >= 4 is 29.0 Å². The number of aliphatic hydroxyl groups is 1. The first-order chi connectivity index (χ1) is 12.7. The molecule has 1 saturated heterocycles. The quantitative estimate of drug-likeness (QED) is 0.624. The van der Waals surface area contributed by atoms with Crippen molar-refractivity contribution in [1.29, 1.82) is 0 Å². The van der Waals surface area contributed by atoms with Gasteiger partial charge in [0.05, 0.1) is 17.2 Å². The van der Waals surface area contributed by atoms with E-state index in [2.05, 4.69) is 20.9 Å². The van der Waals surface area contributed by atoms with Crippen LogP contribution < -0.4 is 16.0 Å². The van der Waals surface area contributed by atoms with Crippen LogP contribution in [0.1, 0.15) is 28.8 Å². The number of piperidine rings is 1. The SMILES string of the molecule is O=C(Nc1ccc(Cl)cn1)c1ccc(CO)cc1NCC1CCNCC1. The molecule has 1 aliphatic heterocycles. The van der Waals surface area contributed by atoms with Crippen molar-refractivity contribution in [2.45, 2.75) is 19.4 Å². The molecule has 1 amide bonds. The van der Waals surface area contributed by atoms with Crippen LogP contribution in [0.2, 0.25) is 5.02 Å². The average molecular weight is 375 g/mol. The van der Waals surface area contributed by atoms with Crippen molar-refractivity contribution in [3.05, 3.63) is 52.7 Å². The Morgan fingerprint density at radius 3 is 2.77 bits per heavy atom. The van der Waals surface area contributed by atoms with Crippen molar-refractivity contribution in [1.82, 2.24) is 10.3 Å². The Bertz CT molecular complexity index is 746. The fraction of sp³-hybridized carbons (Fsp3) is 0.368. The summed E-state index contributed by atoms with van der Waals surface area (Å²) < 4.78 is 0. The fourth-order valence-corrected chi connectivity index (χ4v) is 3.12. The van der Waals surface area contributed by atoms with E-state index in [4.69, 9.17) is 11.6 Å². The van der Waals surface area contributed by atoms with Crippen LogP contribution in [0.3, 0.4) is 0 Å². The van der Waals surface area contributed by atoms with Gasteiger partial charge in [0.25, 0.3) is 5.91 Å². The second kappa shape index (κ2) is 8.98. The molecule has 0 spiro atoms.